The second-order valence-corrected chi connectivity index (χ2v) is 5.66. The van der Waals surface area contributed by atoms with Crippen LogP contribution in [0, 0.1) is 5.82 Å². The van der Waals surface area contributed by atoms with Crippen LogP contribution in [0.2, 0.25) is 0 Å². The van der Waals surface area contributed by atoms with Crippen molar-refractivity contribution >= 4 is 11.0 Å². The van der Waals surface area contributed by atoms with E-state index in [0.717, 1.165) is 42.7 Å². The fraction of sp³-hybridized carbons (Fsp3) is 0.562. The number of nitrogens with two attached hydrogens (primary N) is 1. The number of benzene rings is 1. The van der Waals surface area contributed by atoms with E-state index in [0.29, 0.717) is 5.92 Å². The molecular formula is C16H24FN3. The summed E-state index contributed by atoms with van der Waals surface area (Å²) in [5.74, 6) is 1.21. The minimum absolute atomic E-state index is 0.205. The fourth-order valence-corrected chi connectivity index (χ4v) is 2.70. The minimum Gasteiger partial charge on any atom is -0.328 e. The van der Waals surface area contributed by atoms with E-state index >= 15 is 0 Å². The van der Waals surface area contributed by atoms with Gasteiger partial charge in [0.25, 0.3) is 0 Å². The molecule has 0 saturated carbocycles. The van der Waals surface area contributed by atoms with Crippen LogP contribution < -0.4 is 5.73 Å². The molecule has 0 radical (unpaired) electrons. The zero-order chi connectivity index (χ0) is 14.7. The van der Waals surface area contributed by atoms with E-state index in [-0.39, 0.29) is 11.9 Å². The lowest BCUT2D eigenvalue weighted by molar-refractivity contribution is 0.528. The van der Waals surface area contributed by atoms with Crippen molar-refractivity contribution in [3.8, 4) is 0 Å². The maximum Gasteiger partial charge on any atom is 0.125 e. The maximum atomic E-state index is 13.4. The molecule has 2 rings (SSSR count). The summed E-state index contributed by atoms with van der Waals surface area (Å²) >= 11 is 0. The van der Waals surface area contributed by atoms with Gasteiger partial charge >= 0.3 is 0 Å². The van der Waals surface area contributed by atoms with Crippen LogP contribution in [0.4, 0.5) is 4.39 Å². The van der Waals surface area contributed by atoms with Crippen LogP contribution in [0.1, 0.15) is 51.8 Å². The molecule has 110 valence electrons. The third-order valence-electron chi connectivity index (χ3n) is 3.79. The highest BCUT2D eigenvalue weighted by atomic mass is 19.1. The van der Waals surface area contributed by atoms with Gasteiger partial charge in [-0.3, -0.25) is 0 Å². The molecule has 0 fully saturated rings. The van der Waals surface area contributed by atoms with Crippen LogP contribution in [-0.4, -0.2) is 15.6 Å². The SMILES string of the molecule is CCn1c(C(C)CCCC(C)N)nc2ccc(F)cc21. The average Bonchev–Trinajstić information content (AvgIpc) is 2.75. The summed E-state index contributed by atoms with van der Waals surface area (Å²) in [6.07, 6.45) is 3.19. The predicted molar refractivity (Wildman–Crippen MR) is 81.3 cm³/mol. The molecule has 20 heavy (non-hydrogen) atoms. The number of aryl methyl sites for hydroxylation is 1. The van der Waals surface area contributed by atoms with E-state index in [1.54, 1.807) is 12.1 Å². The molecule has 3 nitrogen and oxygen atoms in total. The number of hydrogen-bond donors (Lipinski definition) is 1. The third-order valence-corrected chi connectivity index (χ3v) is 3.79. The van der Waals surface area contributed by atoms with E-state index in [2.05, 4.69) is 23.4 Å². The van der Waals surface area contributed by atoms with Gasteiger partial charge < -0.3 is 10.3 Å². The van der Waals surface area contributed by atoms with Crippen molar-refractivity contribution in [3.05, 3.63) is 29.8 Å². The Balaban J connectivity index is 2.24. The number of rotatable bonds is 6. The third kappa shape index (κ3) is 3.18. The number of halogens is 1. The summed E-state index contributed by atoms with van der Waals surface area (Å²) in [5, 5.41) is 0. The summed E-state index contributed by atoms with van der Waals surface area (Å²) < 4.78 is 15.5. The van der Waals surface area contributed by atoms with Crippen molar-refractivity contribution in [2.24, 2.45) is 5.73 Å². The van der Waals surface area contributed by atoms with E-state index in [9.17, 15) is 4.39 Å². The second-order valence-electron chi connectivity index (χ2n) is 5.66. The lowest BCUT2D eigenvalue weighted by atomic mass is 10.0. The van der Waals surface area contributed by atoms with Crippen LogP contribution in [0.3, 0.4) is 0 Å². The Morgan fingerprint density at radius 3 is 2.70 bits per heavy atom. The number of hydrogen-bond acceptors (Lipinski definition) is 2. The highest BCUT2D eigenvalue weighted by Crippen LogP contribution is 2.26. The first-order chi connectivity index (χ1) is 9.52. The Bertz CT molecular complexity index is 574. The van der Waals surface area contributed by atoms with E-state index < -0.39 is 0 Å². The number of nitrogens with zero attached hydrogens (tertiary/aromatic N) is 2. The molecule has 2 atom stereocenters. The first kappa shape index (κ1) is 15.0. The average molecular weight is 277 g/mol. The Morgan fingerprint density at radius 1 is 1.30 bits per heavy atom. The molecule has 0 aliphatic rings. The zero-order valence-electron chi connectivity index (χ0n) is 12.6. The van der Waals surface area contributed by atoms with Crippen molar-refractivity contribution in [1.82, 2.24) is 9.55 Å². The minimum atomic E-state index is -0.205. The van der Waals surface area contributed by atoms with Crippen LogP contribution in [0.15, 0.2) is 18.2 Å². The molecule has 1 heterocycles. The summed E-state index contributed by atoms with van der Waals surface area (Å²) in [5.41, 5.74) is 7.56. The first-order valence-electron chi connectivity index (χ1n) is 7.44. The largest absolute Gasteiger partial charge is 0.328 e. The highest BCUT2D eigenvalue weighted by molar-refractivity contribution is 5.76. The quantitative estimate of drug-likeness (QED) is 0.872. The van der Waals surface area contributed by atoms with E-state index in [4.69, 9.17) is 5.73 Å². The molecule has 2 aromatic rings. The second kappa shape index (κ2) is 6.35. The van der Waals surface area contributed by atoms with Crippen molar-refractivity contribution in [2.75, 3.05) is 0 Å². The maximum absolute atomic E-state index is 13.4. The van der Waals surface area contributed by atoms with Crippen LogP contribution in [-0.2, 0) is 6.54 Å². The molecule has 2 N–H and O–H groups in total. The van der Waals surface area contributed by atoms with Gasteiger partial charge in [0.1, 0.15) is 11.6 Å². The van der Waals surface area contributed by atoms with Crippen molar-refractivity contribution in [2.45, 2.75) is 58.5 Å². The number of fused-ring (bicyclic) bond motifs is 1. The topological polar surface area (TPSA) is 43.8 Å². The smallest absolute Gasteiger partial charge is 0.125 e. The molecule has 1 aromatic carbocycles. The summed E-state index contributed by atoms with van der Waals surface area (Å²) in [6.45, 7) is 7.11. The Hall–Kier alpha value is -1.42. The number of imidazole rings is 1. The molecule has 1 aromatic heterocycles. The lowest BCUT2D eigenvalue weighted by Crippen LogP contribution is -2.14. The summed E-state index contributed by atoms with van der Waals surface area (Å²) in [7, 11) is 0. The first-order valence-corrected chi connectivity index (χ1v) is 7.44. The molecule has 0 bridgehead atoms. The van der Waals surface area contributed by atoms with Crippen molar-refractivity contribution in [3.63, 3.8) is 0 Å². The van der Waals surface area contributed by atoms with Gasteiger partial charge in [-0.2, -0.15) is 0 Å². The van der Waals surface area contributed by atoms with E-state index in [1.165, 1.54) is 6.07 Å². The Kier molecular flexibility index (Phi) is 4.76. The van der Waals surface area contributed by atoms with Crippen LogP contribution in [0.5, 0.6) is 0 Å². The molecule has 0 saturated heterocycles. The lowest BCUT2D eigenvalue weighted by Gasteiger charge is -2.14. The molecule has 0 aliphatic carbocycles. The Morgan fingerprint density at radius 2 is 2.05 bits per heavy atom. The molecule has 0 spiro atoms. The van der Waals surface area contributed by atoms with Gasteiger partial charge in [0, 0.05) is 18.5 Å². The standard InChI is InChI=1S/C16H24FN3/c1-4-20-15-10-13(17)8-9-14(15)19-16(20)11(2)6-5-7-12(3)18/h8-12H,4-7,18H2,1-3H3. The normalized spacial score (nSPS) is 14.7. The Labute approximate surface area is 120 Å². The summed E-state index contributed by atoms with van der Waals surface area (Å²) in [4.78, 5) is 4.69. The summed E-state index contributed by atoms with van der Waals surface area (Å²) in [6, 6.07) is 5.06. The predicted octanol–water partition coefficient (Wildman–Crippen LogP) is 3.82. The van der Waals surface area contributed by atoms with Gasteiger partial charge in [-0.05, 0) is 44.9 Å². The zero-order valence-corrected chi connectivity index (χ0v) is 12.6. The monoisotopic (exact) mass is 277 g/mol. The molecule has 4 heteroatoms. The molecule has 0 amide bonds. The molecular weight excluding hydrogens is 253 g/mol. The van der Waals surface area contributed by atoms with Crippen LogP contribution in [0.25, 0.3) is 11.0 Å². The van der Waals surface area contributed by atoms with Gasteiger partial charge in [0.15, 0.2) is 0 Å². The van der Waals surface area contributed by atoms with Gasteiger partial charge in [-0.1, -0.05) is 13.3 Å². The highest BCUT2D eigenvalue weighted by Gasteiger charge is 2.16. The van der Waals surface area contributed by atoms with Gasteiger partial charge in [0.2, 0.25) is 0 Å². The molecule has 2 unspecified atom stereocenters. The fourth-order valence-electron chi connectivity index (χ4n) is 2.70. The van der Waals surface area contributed by atoms with E-state index in [1.807, 2.05) is 6.92 Å². The number of aromatic nitrogens is 2. The van der Waals surface area contributed by atoms with Gasteiger partial charge in [-0.15, -0.1) is 0 Å². The van der Waals surface area contributed by atoms with Crippen molar-refractivity contribution in [1.29, 1.82) is 0 Å². The van der Waals surface area contributed by atoms with Gasteiger partial charge in [-0.25, -0.2) is 9.37 Å². The molecule has 0 aliphatic heterocycles. The van der Waals surface area contributed by atoms with Crippen molar-refractivity contribution < 1.29 is 4.39 Å². The van der Waals surface area contributed by atoms with Gasteiger partial charge in [0.05, 0.1) is 11.0 Å². The van der Waals surface area contributed by atoms with Crippen LogP contribution >= 0.6 is 0 Å².